The van der Waals surface area contributed by atoms with Gasteiger partial charge < -0.3 is 10.2 Å². The highest BCUT2D eigenvalue weighted by Crippen LogP contribution is 2.27. The van der Waals surface area contributed by atoms with Crippen LogP contribution in [0.4, 0.5) is 11.4 Å². The van der Waals surface area contributed by atoms with Gasteiger partial charge in [0.25, 0.3) is 11.6 Å². The van der Waals surface area contributed by atoms with E-state index in [9.17, 15) is 14.9 Å². The van der Waals surface area contributed by atoms with Crippen LogP contribution in [0.2, 0.25) is 5.02 Å². The van der Waals surface area contributed by atoms with Gasteiger partial charge in [-0.1, -0.05) is 29.8 Å². The Hall–Kier alpha value is -2.60. The molecule has 0 atom stereocenters. The van der Waals surface area contributed by atoms with E-state index < -0.39 is 10.8 Å². The van der Waals surface area contributed by atoms with Crippen molar-refractivity contribution in [2.45, 2.75) is 12.8 Å². The Morgan fingerprint density at radius 3 is 2.88 bits per heavy atom. The molecular weight excluding hydrogens is 342 g/mol. The molecule has 25 heavy (non-hydrogen) atoms. The van der Waals surface area contributed by atoms with Gasteiger partial charge in [0.2, 0.25) is 0 Å². The van der Waals surface area contributed by atoms with Crippen molar-refractivity contribution in [3.05, 3.63) is 68.7 Å². The predicted octanol–water partition coefficient (Wildman–Crippen LogP) is 3.43. The molecule has 0 saturated carbocycles. The second-order valence-corrected chi connectivity index (χ2v) is 6.30. The van der Waals surface area contributed by atoms with Gasteiger partial charge in [0, 0.05) is 37.5 Å². The number of non-ortho nitro benzene ring substituents is 1. The summed E-state index contributed by atoms with van der Waals surface area (Å²) in [4.78, 5) is 24.8. The first-order chi connectivity index (χ1) is 12.1. The Morgan fingerprint density at radius 1 is 1.28 bits per heavy atom. The number of anilines is 1. The predicted molar refractivity (Wildman–Crippen MR) is 97.4 cm³/mol. The second kappa shape index (κ2) is 7.53. The van der Waals surface area contributed by atoms with Gasteiger partial charge in [-0.3, -0.25) is 14.9 Å². The van der Waals surface area contributed by atoms with Crippen molar-refractivity contribution in [3.63, 3.8) is 0 Å². The van der Waals surface area contributed by atoms with Crippen molar-refractivity contribution in [3.8, 4) is 0 Å². The molecule has 2 aromatic rings. The number of amides is 1. The number of halogens is 1. The van der Waals surface area contributed by atoms with Gasteiger partial charge >= 0.3 is 0 Å². The molecule has 1 N–H and O–H groups in total. The Bertz CT molecular complexity index is 810. The molecule has 3 rings (SSSR count). The molecule has 0 aromatic heterocycles. The Kier molecular flexibility index (Phi) is 5.19. The van der Waals surface area contributed by atoms with Gasteiger partial charge in [0.1, 0.15) is 0 Å². The summed E-state index contributed by atoms with van der Waals surface area (Å²) in [6, 6.07) is 12.2. The number of benzene rings is 2. The molecule has 2 aromatic carbocycles. The van der Waals surface area contributed by atoms with E-state index in [-0.39, 0.29) is 16.3 Å². The lowest BCUT2D eigenvalue weighted by Crippen LogP contribution is -2.29. The minimum atomic E-state index is -0.544. The molecule has 0 fully saturated rings. The molecule has 0 saturated heterocycles. The summed E-state index contributed by atoms with van der Waals surface area (Å²) in [5.74, 6) is -0.393. The highest BCUT2D eigenvalue weighted by molar-refractivity contribution is 6.33. The number of para-hydroxylation sites is 1. The van der Waals surface area contributed by atoms with E-state index >= 15 is 0 Å². The molecule has 1 aliphatic heterocycles. The first-order valence-electron chi connectivity index (χ1n) is 8.11. The van der Waals surface area contributed by atoms with E-state index in [4.69, 9.17) is 11.6 Å². The maximum Gasteiger partial charge on any atom is 0.270 e. The maximum absolute atomic E-state index is 12.2. The summed E-state index contributed by atoms with van der Waals surface area (Å²) in [5, 5.41) is 13.8. The highest BCUT2D eigenvalue weighted by Gasteiger charge is 2.18. The van der Waals surface area contributed by atoms with Crippen LogP contribution in [0.3, 0.4) is 0 Å². The zero-order valence-electron chi connectivity index (χ0n) is 13.6. The highest BCUT2D eigenvalue weighted by atomic mass is 35.5. The number of hydrogen-bond donors (Lipinski definition) is 1. The molecule has 0 aliphatic carbocycles. The Balaban J connectivity index is 1.52. The first-order valence-corrected chi connectivity index (χ1v) is 8.49. The molecule has 0 radical (unpaired) electrons. The van der Waals surface area contributed by atoms with Crippen molar-refractivity contribution in [1.82, 2.24) is 5.32 Å². The van der Waals surface area contributed by atoms with Gasteiger partial charge in [0.05, 0.1) is 15.5 Å². The normalized spacial score (nSPS) is 12.8. The van der Waals surface area contributed by atoms with Crippen LogP contribution in [-0.2, 0) is 6.42 Å². The summed E-state index contributed by atoms with van der Waals surface area (Å²) in [5.41, 5.74) is 2.59. The number of nitrogens with one attached hydrogen (secondary N) is 1. The molecule has 130 valence electrons. The Morgan fingerprint density at radius 2 is 2.08 bits per heavy atom. The zero-order valence-corrected chi connectivity index (χ0v) is 14.3. The van der Waals surface area contributed by atoms with Crippen LogP contribution < -0.4 is 10.2 Å². The van der Waals surface area contributed by atoms with Crippen LogP contribution in [0.1, 0.15) is 22.3 Å². The SMILES string of the molecule is O=C(NCCCN1CCc2ccccc21)c1cc([N+](=O)[O-])ccc1Cl. The number of rotatable bonds is 6. The average Bonchev–Trinajstić information content (AvgIpc) is 3.02. The topological polar surface area (TPSA) is 75.5 Å². The van der Waals surface area contributed by atoms with Crippen LogP contribution >= 0.6 is 11.6 Å². The standard InChI is InChI=1S/C18H18ClN3O3/c19-16-7-6-14(22(24)25)12-15(16)18(23)20-9-3-10-21-11-8-13-4-1-2-5-17(13)21/h1-2,4-7,12H,3,8-11H2,(H,20,23). The lowest BCUT2D eigenvalue weighted by atomic mass is 10.2. The van der Waals surface area contributed by atoms with Crippen molar-refractivity contribution >= 4 is 28.9 Å². The minimum Gasteiger partial charge on any atom is -0.371 e. The van der Waals surface area contributed by atoms with E-state index in [1.807, 2.05) is 12.1 Å². The molecule has 0 bridgehead atoms. The lowest BCUT2D eigenvalue weighted by molar-refractivity contribution is -0.384. The summed E-state index contributed by atoms with van der Waals surface area (Å²) >= 11 is 5.98. The monoisotopic (exact) mass is 359 g/mol. The summed E-state index contributed by atoms with van der Waals surface area (Å²) in [6.45, 7) is 2.32. The van der Waals surface area contributed by atoms with Crippen LogP contribution in [0, 0.1) is 10.1 Å². The number of nitro groups is 1. The largest absolute Gasteiger partial charge is 0.371 e. The fraction of sp³-hybridized carbons (Fsp3) is 0.278. The molecule has 1 aliphatic rings. The van der Waals surface area contributed by atoms with Gasteiger partial charge in [-0.15, -0.1) is 0 Å². The quantitative estimate of drug-likeness (QED) is 0.487. The van der Waals surface area contributed by atoms with Gasteiger partial charge in [-0.05, 0) is 30.5 Å². The molecule has 1 heterocycles. The summed E-state index contributed by atoms with van der Waals surface area (Å²) < 4.78 is 0. The molecule has 0 unspecified atom stereocenters. The van der Waals surface area contributed by atoms with Gasteiger partial charge in [-0.2, -0.15) is 0 Å². The molecule has 0 spiro atoms. The third kappa shape index (κ3) is 3.91. The Labute approximate surface area is 150 Å². The third-order valence-corrected chi connectivity index (χ3v) is 4.61. The summed E-state index contributed by atoms with van der Waals surface area (Å²) in [6.07, 6.45) is 1.83. The number of hydrogen-bond acceptors (Lipinski definition) is 4. The van der Waals surface area contributed by atoms with E-state index in [2.05, 4.69) is 22.3 Å². The summed E-state index contributed by atoms with van der Waals surface area (Å²) in [7, 11) is 0. The molecular formula is C18H18ClN3O3. The van der Waals surface area contributed by atoms with Crippen LogP contribution in [-0.4, -0.2) is 30.5 Å². The second-order valence-electron chi connectivity index (χ2n) is 5.90. The average molecular weight is 360 g/mol. The van der Waals surface area contributed by atoms with Crippen LogP contribution in [0.15, 0.2) is 42.5 Å². The van der Waals surface area contributed by atoms with Crippen molar-refractivity contribution in [2.75, 3.05) is 24.5 Å². The molecule has 6 nitrogen and oxygen atoms in total. The van der Waals surface area contributed by atoms with Crippen molar-refractivity contribution in [1.29, 1.82) is 0 Å². The molecule has 1 amide bonds. The number of nitrogens with zero attached hydrogens (tertiary/aromatic N) is 2. The van der Waals surface area contributed by atoms with Crippen LogP contribution in [0.25, 0.3) is 0 Å². The fourth-order valence-corrected chi connectivity index (χ4v) is 3.21. The first kappa shape index (κ1) is 17.2. The van der Waals surface area contributed by atoms with Gasteiger partial charge in [-0.25, -0.2) is 0 Å². The number of nitro benzene ring substituents is 1. The van der Waals surface area contributed by atoms with Gasteiger partial charge in [0.15, 0.2) is 0 Å². The number of carbonyl (C=O) groups is 1. The van der Waals surface area contributed by atoms with E-state index in [0.717, 1.165) is 25.9 Å². The number of fused-ring (bicyclic) bond motifs is 1. The van der Waals surface area contributed by atoms with Crippen molar-refractivity contribution in [2.24, 2.45) is 0 Å². The third-order valence-electron chi connectivity index (χ3n) is 4.28. The fourth-order valence-electron chi connectivity index (χ4n) is 3.01. The minimum absolute atomic E-state index is 0.127. The van der Waals surface area contributed by atoms with Crippen LogP contribution in [0.5, 0.6) is 0 Å². The van der Waals surface area contributed by atoms with E-state index in [1.54, 1.807) is 0 Å². The van der Waals surface area contributed by atoms with Crippen molar-refractivity contribution < 1.29 is 9.72 Å². The maximum atomic E-state index is 12.2. The smallest absolute Gasteiger partial charge is 0.270 e. The zero-order chi connectivity index (χ0) is 17.8. The van der Waals surface area contributed by atoms with E-state index in [0.29, 0.717) is 6.54 Å². The number of carbonyl (C=O) groups excluding carboxylic acids is 1. The molecule has 7 heteroatoms. The van der Waals surface area contributed by atoms with E-state index in [1.165, 1.54) is 29.4 Å². The lowest BCUT2D eigenvalue weighted by Gasteiger charge is -2.19.